The number of pyridine rings is 1. The summed E-state index contributed by atoms with van der Waals surface area (Å²) >= 11 is 6.02. The van der Waals surface area contributed by atoms with Gasteiger partial charge in [-0.3, -0.25) is 29.4 Å². The van der Waals surface area contributed by atoms with E-state index in [1.807, 2.05) is 0 Å². The number of nitro groups is 2. The Morgan fingerprint density at radius 1 is 1.00 bits per heavy atom. The van der Waals surface area contributed by atoms with Crippen LogP contribution in [-0.4, -0.2) is 19.2 Å². The van der Waals surface area contributed by atoms with Crippen LogP contribution in [0.25, 0.3) is 38.2 Å². The largest absolute Gasteiger partial charge is 0.298 e. The molecule has 0 radical (unpaired) electrons. The minimum absolute atomic E-state index is 0.00906. The van der Waals surface area contributed by atoms with E-state index in [0.29, 0.717) is 21.5 Å². The molecule has 0 N–H and O–H groups in total. The molecule has 0 fully saturated rings. The number of benzene rings is 3. The van der Waals surface area contributed by atoms with Crippen molar-refractivity contribution in [1.82, 2.24) is 9.38 Å². The number of hydrogen-bond donors (Lipinski definition) is 0. The van der Waals surface area contributed by atoms with Crippen molar-refractivity contribution in [1.29, 1.82) is 0 Å². The molecule has 0 aliphatic rings. The Kier molecular flexibility index (Phi) is 3.11. The van der Waals surface area contributed by atoms with E-state index >= 15 is 0 Å². The summed E-state index contributed by atoms with van der Waals surface area (Å²) in [5.41, 5.74) is -0.666. The lowest BCUT2D eigenvalue weighted by Gasteiger charge is -2.07. The summed E-state index contributed by atoms with van der Waals surface area (Å²) in [5.74, 6) is 0. The third kappa shape index (κ3) is 2.01. The summed E-state index contributed by atoms with van der Waals surface area (Å²) < 4.78 is 1.22. The van der Waals surface area contributed by atoms with Gasteiger partial charge < -0.3 is 0 Å². The van der Waals surface area contributed by atoms with Crippen LogP contribution in [0.15, 0.2) is 47.3 Å². The molecule has 0 unspecified atom stereocenters. The van der Waals surface area contributed by atoms with E-state index in [-0.39, 0.29) is 33.1 Å². The van der Waals surface area contributed by atoms with Gasteiger partial charge in [-0.25, -0.2) is 4.98 Å². The summed E-state index contributed by atoms with van der Waals surface area (Å²) in [6, 6.07) is 10.2. The molecule has 2 heterocycles. The zero-order chi connectivity index (χ0) is 19.7. The van der Waals surface area contributed by atoms with Crippen LogP contribution in [0.5, 0.6) is 0 Å². The topological polar surface area (TPSA) is 121 Å². The first-order chi connectivity index (χ1) is 13.4. The van der Waals surface area contributed by atoms with Gasteiger partial charge in [-0.15, -0.1) is 0 Å². The predicted octanol–water partition coefficient (Wildman–Crippen LogP) is 4.06. The fraction of sp³-hybridized carbons (Fsp3) is 0. The van der Waals surface area contributed by atoms with Crippen LogP contribution in [-0.2, 0) is 0 Å². The van der Waals surface area contributed by atoms with Crippen molar-refractivity contribution in [3.8, 4) is 0 Å². The van der Waals surface area contributed by atoms with E-state index in [0.717, 1.165) is 6.07 Å². The molecule has 2 aromatic heterocycles. The Balaban J connectivity index is 2.15. The Bertz CT molecular complexity index is 1560. The van der Waals surface area contributed by atoms with Gasteiger partial charge >= 0.3 is 0 Å². The molecule has 3 aromatic carbocycles. The third-order valence-electron chi connectivity index (χ3n) is 4.75. The highest BCUT2D eigenvalue weighted by Gasteiger charge is 2.23. The molecule has 136 valence electrons. The Morgan fingerprint density at radius 2 is 1.79 bits per heavy atom. The maximum atomic E-state index is 13.2. The maximum absolute atomic E-state index is 13.2. The smallest absolute Gasteiger partial charge is 0.268 e. The predicted molar refractivity (Wildman–Crippen MR) is 103 cm³/mol. The number of non-ortho nitro benzene ring substituents is 2. The second-order valence-electron chi connectivity index (χ2n) is 6.28. The number of nitrogens with zero attached hydrogens (tertiary/aromatic N) is 4. The van der Waals surface area contributed by atoms with Crippen LogP contribution in [0.1, 0.15) is 0 Å². The molecule has 0 amide bonds. The number of imidazole rings is 1. The van der Waals surface area contributed by atoms with Crippen LogP contribution in [0.4, 0.5) is 11.4 Å². The highest BCUT2D eigenvalue weighted by molar-refractivity contribution is 6.31. The van der Waals surface area contributed by atoms with E-state index in [1.165, 1.54) is 22.6 Å². The second-order valence-corrected chi connectivity index (χ2v) is 6.72. The molecule has 0 spiro atoms. The highest BCUT2D eigenvalue weighted by atomic mass is 35.5. The average molecular weight is 395 g/mol. The van der Waals surface area contributed by atoms with Gasteiger partial charge in [0.15, 0.2) is 5.52 Å². The molecule has 5 rings (SSSR count). The lowest BCUT2D eigenvalue weighted by atomic mass is 10.0. The van der Waals surface area contributed by atoms with E-state index < -0.39 is 15.4 Å². The summed E-state index contributed by atoms with van der Waals surface area (Å²) in [5, 5.41) is 24.6. The van der Waals surface area contributed by atoms with Gasteiger partial charge in [-0.05, 0) is 17.5 Å². The maximum Gasteiger partial charge on any atom is 0.298 e. The first-order valence-corrected chi connectivity index (χ1v) is 8.37. The van der Waals surface area contributed by atoms with Gasteiger partial charge in [-0.1, -0.05) is 23.7 Å². The van der Waals surface area contributed by atoms with Crippen molar-refractivity contribution in [2.24, 2.45) is 0 Å². The first-order valence-electron chi connectivity index (χ1n) is 7.99. The van der Waals surface area contributed by atoms with E-state index in [1.54, 1.807) is 18.2 Å². The number of nitro benzene ring substituents is 2. The molecule has 10 heteroatoms. The lowest BCUT2D eigenvalue weighted by molar-refractivity contribution is -0.384. The summed E-state index contributed by atoms with van der Waals surface area (Å²) in [4.78, 5) is 39.1. The van der Waals surface area contributed by atoms with Gasteiger partial charge in [0, 0.05) is 39.4 Å². The van der Waals surface area contributed by atoms with Crippen LogP contribution in [0.3, 0.4) is 0 Å². The molecule has 0 aliphatic heterocycles. The molecule has 5 aromatic rings. The van der Waals surface area contributed by atoms with Crippen molar-refractivity contribution in [3.63, 3.8) is 0 Å². The number of aromatic nitrogens is 2. The molecule has 0 bridgehead atoms. The van der Waals surface area contributed by atoms with Crippen LogP contribution in [0, 0.1) is 20.2 Å². The zero-order valence-electron chi connectivity index (χ0n) is 13.7. The van der Waals surface area contributed by atoms with Crippen LogP contribution < -0.4 is 5.56 Å². The fourth-order valence-corrected chi connectivity index (χ4v) is 3.85. The van der Waals surface area contributed by atoms with Gasteiger partial charge in [0.2, 0.25) is 0 Å². The Labute approximate surface area is 159 Å². The zero-order valence-corrected chi connectivity index (χ0v) is 14.5. The van der Waals surface area contributed by atoms with Gasteiger partial charge in [0.25, 0.3) is 16.9 Å². The van der Waals surface area contributed by atoms with Crippen molar-refractivity contribution >= 4 is 61.2 Å². The number of halogens is 1. The molecule has 0 saturated carbocycles. The standard InChI is InChI=1S/C18H7ClN4O5/c19-9-5-13-16(14(6-9)23(27)28)20-17-12-7-10(22(25)26)4-8-2-1-3-11(15(8)12)18(24)21(13)17/h1-7H. The Hall–Kier alpha value is -3.85. The lowest BCUT2D eigenvalue weighted by Crippen LogP contribution is -2.13. The first kappa shape index (κ1) is 16.3. The number of hydrogen-bond acceptors (Lipinski definition) is 6. The van der Waals surface area contributed by atoms with Crippen LogP contribution in [0.2, 0.25) is 5.02 Å². The normalized spacial score (nSPS) is 11.8. The molecular weight excluding hydrogens is 388 g/mol. The van der Waals surface area contributed by atoms with Gasteiger partial charge in [0.1, 0.15) is 5.65 Å². The van der Waals surface area contributed by atoms with Crippen molar-refractivity contribution in [2.45, 2.75) is 0 Å². The van der Waals surface area contributed by atoms with E-state index in [2.05, 4.69) is 4.98 Å². The Morgan fingerprint density at radius 3 is 2.50 bits per heavy atom. The van der Waals surface area contributed by atoms with Crippen molar-refractivity contribution < 1.29 is 9.85 Å². The second kappa shape index (κ2) is 5.33. The molecule has 28 heavy (non-hydrogen) atoms. The van der Waals surface area contributed by atoms with Crippen molar-refractivity contribution in [3.05, 3.63) is 78.1 Å². The summed E-state index contributed by atoms with van der Waals surface area (Å²) in [7, 11) is 0. The summed E-state index contributed by atoms with van der Waals surface area (Å²) in [6.07, 6.45) is 0. The molecule has 9 nitrogen and oxygen atoms in total. The summed E-state index contributed by atoms with van der Waals surface area (Å²) in [6.45, 7) is 0. The SMILES string of the molecule is O=c1c2cccc3cc([N+](=O)[O-])cc(c32)c2nc3c([N+](=O)[O-])cc(Cl)cc3n12. The van der Waals surface area contributed by atoms with Gasteiger partial charge in [-0.2, -0.15) is 0 Å². The molecule has 0 atom stereocenters. The van der Waals surface area contributed by atoms with E-state index in [9.17, 15) is 25.0 Å². The van der Waals surface area contributed by atoms with Gasteiger partial charge in [0.05, 0.1) is 15.4 Å². The number of rotatable bonds is 2. The average Bonchev–Trinajstić information content (AvgIpc) is 3.04. The van der Waals surface area contributed by atoms with Crippen molar-refractivity contribution in [2.75, 3.05) is 0 Å². The minimum atomic E-state index is -0.631. The molecule has 0 aliphatic carbocycles. The fourth-order valence-electron chi connectivity index (χ4n) is 3.64. The van der Waals surface area contributed by atoms with Crippen LogP contribution >= 0.6 is 11.6 Å². The minimum Gasteiger partial charge on any atom is -0.268 e. The monoisotopic (exact) mass is 394 g/mol. The quantitative estimate of drug-likeness (QED) is 0.329. The highest BCUT2D eigenvalue weighted by Crippen LogP contribution is 2.35. The molecular formula is C18H7ClN4O5. The number of fused-ring (bicyclic) bond motifs is 4. The molecule has 0 saturated heterocycles. The van der Waals surface area contributed by atoms with E-state index in [4.69, 9.17) is 11.6 Å². The third-order valence-corrected chi connectivity index (χ3v) is 4.97.